The standard InChI is InChI=1S/C29H35FN2O4S2/c1-16-14-17(2)27(32-9-11-36-12-10-32)22(7)23(16)15-25(33)28-24(8-13-37-28)31-38(34,35)29-20(5)18(3)26(30)19(4)21(29)6/h8,13-14,31H,9-12,15H2,1-7H3. The number of ether oxygens (including phenoxy) is 1. The maximum absolute atomic E-state index is 14.5. The molecule has 38 heavy (non-hydrogen) atoms. The Bertz CT molecular complexity index is 1490. The Balaban J connectivity index is 1.66. The van der Waals surface area contributed by atoms with Crippen LogP contribution in [0.2, 0.25) is 0 Å². The van der Waals surface area contributed by atoms with Crippen LogP contribution >= 0.6 is 11.3 Å². The summed E-state index contributed by atoms with van der Waals surface area (Å²) in [4.78, 5) is 16.3. The molecule has 0 spiro atoms. The van der Waals surface area contributed by atoms with Crippen molar-refractivity contribution in [3.63, 3.8) is 0 Å². The second kappa shape index (κ2) is 10.8. The summed E-state index contributed by atoms with van der Waals surface area (Å²) in [5.74, 6) is -0.550. The molecule has 0 saturated carbocycles. The van der Waals surface area contributed by atoms with Crippen molar-refractivity contribution in [3.05, 3.63) is 72.7 Å². The van der Waals surface area contributed by atoms with Crippen molar-refractivity contribution < 1.29 is 22.3 Å². The molecule has 6 nitrogen and oxygen atoms in total. The van der Waals surface area contributed by atoms with Gasteiger partial charge in [-0.15, -0.1) is 11.3 Å². The minimum Gasteiger partial charge on any atom is -0.378 e. The van der Waals surface area contributed by atoms with Gasteiger partial charge in [0.15, 0.2) is 5.78 Å². The van der Waals surface area contributed by atoms with E-state index in [1.165, 1.54) is 16.9 Å². The van der Waals surface area contributed by atoms with Crippen LogP contribution in [-0.2, 0) is 21.2 Å². The monoisotopic (exact) mass is 558 g/mol. The summed E-state index contributed by atoms with van der Waals surface area (Å²) in [5, 5.41) is 1.71. The SMILES string of the molecule is Cc1cc(C)c(N2CCOCC2)c(C)c1CC(=O)c1sccc1NS(=O)(=O)c1c(C)c(C)c(F)c(C)c1C. The van der Waals surface area contributed by atoms with Crippen molar-refractivity contribution in [1.29, 1.82) is 0 Å². The zero-order chi connectivity index (χ0) is 27.9. The zero-order valence-electron chi connectivity index (χ0n) is 23.0. The zero-order valence-corrected chi connectivity index (χ0v) is 24.7. The number of anilines is 2. The molecule has 1 saturated heterocycles. The molecule has 0 amide bonds. The van der Waals surface area contributed by atoms with Gasteiger partial charge >= 0.3 is 0 Å². The average Bonchev–Trinajstić information content (AvgIpc) is 3.32. The van der Waals surface area contributed by atoms with Gasteiger partial charge in [-0.05, 0) is 104 Å². The van der Waals surface area contributed by atoms with E-state index in [9.17, 15) is 17.6 Å². The van der Waals surface area contributed by atoms with Crippen LogP contribution < -0.4 is 9.62 Å². The van der Waals surface area contributed by atoms with Gasteiger partial charge < -0.3 is 9.64 Å². The van der Waals surface area contributed by atoms with Gasteiger partial charge in [-0.25, -0.2) is 12.8 Å². The van der Waals surface area contributed by atoms with Crippen LogP contribution in [0, 0.1) is 54.3 Å². The molecule has 3 aromatic rings. The molecular formula is C29H35FN2O4S2. The summed E-state index contributed by atoms with van der Waals surface area (Å²) in [6.07, 6.45) is 0.164. The molecule has 2 aromatic carbocycles. The summed E-state index contributed by atoms with van der Waals surface area (Å²) >= 11 is 1.21. The van der Waals surface area contributed by atoms with Crippen LogP contribution in [0.1, 0.15) is 54.2 Å². The first-order chi connectivity index (χ1) is 17.8. The number of benzene rings is 2. The van der Waals surface area contributed by atoms with E-state index in [-0.39, 0.29) is 22.8 Å². The minimum atomic E-state index is -4.06. The fourth-order valence-electron chi connectivity index (χ4n) is 5.44. The van der Waals surface area contributed by atoms with Crippen molar-refractivity contribution >= 4 is 38.5 Å². The number of Topliss-reactive ketones (excluding diaryl/α,β-unsaturated/α-hetero) is 1. The van der Waals surface area contributed by atoms with Crippen LogP contribution in [0.5, 0.6) is 0 Å². The quantitative estimate of drug-likeness (QED) is 0.354. The number of carbonyl (C=O) groups excluding carboxylic acids is 1. The number of carbonyl (C=O) groups is 1. The number of nitrogens with zero attached hydrogens (tertiary/aromatic N) is 1. The number of halogens is 1. The Hall–Kier alpha value is -2.75. The van der Waals surface area contributed by atoms with Crippen molar-refractivity contribution in [1.82, 2.24) is 0 Å². The second-order valence-corrected chi connectivity index (χ2v) is 12.6. The molecule has 2 heterocycles. The summed E-state index contributed by atoms with van der Waals surface area (Å²) in [7, 11) is -4.06. The summed E-state index contributed by atoms with van der Waals surface area (Å²) < 4.78 is 49.7. The molecule has 1 aromatic heterocycles. The van der Waals surface area contributed by atoms with Gasteiger partial charge in [-0.3, -0.25) is 9.52 Å². The normalized spacial score (nSPS) is 14.2. The molecule has 4 rings (SSSR count). The van der Waals surface area contributed by atoms with Crippen LogP contribution in [0.25, 0.3) is 0 Å². The molecule has 1 aliphatic heterocycles. The minimum absolute atomic E-state index is 0.0545. The fraction of sp³-hybridized carbons (Fsp3) is 0.414. The van der Waals surface area contributed by atoms with Crippen molar-refractivity contribution in [2.24, 2.45) is 0 Å². The van der Waals surface area contributed by atoms with Gasteiger partial charge in [0.2, 0.25) is 0 Å². The summed E-state index contributed by atoms with van der Waals surface area (Å²) in [6, 6.07) is 3.72. The molecule has 0 radical (unpaired) electrons. The number of sulfonamides is 1. The maximum atomic E-state index is 14.5. The molecule has 204 valence electrons. The lowest BCUT2D eigenvalue weighted by Gasteiger charge is -2.32. The van der Waals surface area contributed by atoms with Gasteiger partial charge in [-0.2, -0.15) is 0 Å². The van der Waals surface area contributed by atoms with E-state index in [4.69, 9.17) is 4.74 Å². The van der Waals surface area contributed by atoms with Gasteiger partial charge in [0.05, 0.1) is 28.7 Å². The first kappa shape index (κ1) is 28.3. The fourth-order valence-corrected chi connectivity index (χ4v) is 7.97. The number of rotatable bonds is 7. The third kappa shape index (κ3) is 5.11. The van der Waals surface area contributed by atoms with Gasteiger partial charge in [0.25, 0.3) is 10.0 Å². The number of aryl methyl sites for hydroxylation is 2. The van der Waals surface area contributed by atoms with Crippen LogP contribution in [-0.4, -0.2) is 40.5 Å². The molecule has 0 unspecified atom stereocenters. The molecule has 0 aliphatic carbocycles. The number of ketones is 1. The van der Waals surface area contributed by atoms with Gasteiger partial charge in [-0.1, -0.05) is 6.07 Å². The molecule has 0 atom stereocenters. The van der Waals surface area contributed by atoms with E-state index >= 15 is 0 Å². The Morgan fingerprint density at radius 2 is 1.58 bits per heavy atom. The third-order valence-corrected chi connectivity index (χ3v) is 10.2. The molecule has 1 aliphatic rings. The number of hydrogen-bond acceptors (Lipinski definition) is 6. The smallest absolute Gasteiger partial charge is 0.262 e. The van der Waals surface area contributed by atoms with E-state index in [2.05, 4.69) is 29.5 Å². The predicted octanol–water partition coefficient (Wildman–Crippen LogP) is 6.11. The van der Waals surface area contributed by atoms with E-state index in [0.29, 0.717) is 40.3 Å². The molecule has 9 heteroatoms. The number of thiophene rings is 1. The van der Waals surface area contributed by atoms with E-state index in [1.54, 1.807) is 39.1 Å². The van der Waals surface area contributed by atoms with Gasteiger partial charge in [0.1, 0.15) is 5.82 Å². The van der Waals surface area contributed by atoms with Crippen LogP contribution in [0.15, 0.2) is 22.4 Å². The predicted molar refractivity (Wildman–Crippen MR) is 152 cm³/mol. The first-order valence-corrected chi connectivity index (χ1v) is 15.0. The van der Waals surface area contributed by atoms with Crippen LogP contribution in [0.3, 0.4) is 0 Å². The number of hydrogen-bond donors (Lipinski definition) is 1. The highest BCUT2D eigenvalue weighted by atomic mass is 32.2. The maximum Gasteiger partial charge on any atom is 0.262 e. The summed E-state index contributed by atoms with van der Waals surface area (Å²) in [6.45, 7) is 15.5. The Morgan fingerprint density at radius 3 is 2.18 bits per heavy atom. The Kier molecular flexibility index (Phi) is 8.02. The molecular weight excluding hydrogens is 523 g/mol. The van der Waals surface area contributed by atoms with Crippen molar-refractivity contribution in [2.75, 3.05) is 35.9 Å². The van der Waals surface area contributed by atoms with E-state index in [1.807, 2.05) is 6.92 Å². The average molecular weight is 559 g/mol. The highest BCUT2D eigenvalue weighted by molar-refractivity contribution is 7.92. The van der Waals surface area contributed by atoms with Crippen molar-refractivity contribution in [3.8, 4) is 0 Å². The molecule has 1 fully saturated rings. The highest BCUT2D eigenvalue weighted by Gasteiger charge is 2.28. The third-order valence-electron chi connectivity index (χ3n) is 7.65. The van der Waals surface area contributed by atoms with Gasteiger partial charge in [0, 0.05) is 25.2 Å². The number of nitrogens with one attached hydrogen (secondary N) is 1. The first-order valence-electron chi connectivity index (χ1n) is 12.7. The van der Waals surface area contributed by atoms with E-state index in [0.717, 1.165) is 35.5 Å². The van der Waals surface area contributed by atoms with Crippen LogP contribution in [0.4, 0.5) is 15.8 Å². The summed E-state index contributed by atoms with van der Waals surface area (Å²) in [5.41, 5.74) is 6.95. The lowest BCUT2D eigenvalue weighted by Crippen LogP contribution is -2.37. The van der Waals surface area contributed by atoms with E-state index < -0.39 is 15.8 Å². The highest BCUT2D eigenvalue weighted by Crippen LogP contribution is 2.35. The number of morpholine rings is 1. The Labute approximate surface area is 228 Å². The topological polar surface area (TPSA) is 75.7 Å². The molecule has 1 N–H and O–H groups in total. The lowest BCUT2D eigenvalue weighted by molar-refractivity contribution is 0.0997. The largest absolute Gasteiger partial charge is 0.378 e. The second-order valence-electron chi connectivity index (χ2n) is 10.1. The van der Waals surface area contributed by atoms with Crippen molar-refractivity contribution in [2.45, 2.75) is 59.8 Å². The lowest BCUT2D eigenvalue weighted by atomic mass is 9.92. The Morgan fingerprint density at radius 1 is 0.974 bits per heavy atom. The molecule has 0 bridgehead atoms.